The summed E-state index contributed by atoms with van der Waals surface area (Å²) in [6, 6.07) is 5.87. The predicted octanol–water partition coefficient (Wildman–Crippen LogP) is 3.18. The van der Waals surface area contributed by atoms with Crippen molar-refractivity contribution in [3.63, 3.8) is 0 Å². The zero-order chi connectivity index (χ0) is 11.4. The highest BCUT2D eigenvalue weighted by molar-refractivity contribution is 5.78. The number of hydrogen-bond acceptors (Lipinski definition) is 2. The highest BCUT2D eigenvalue weighted by atomic mass is 15.1. The van der Waals surface area contributed by atoms with E-state index < -0.39 is 0 Å². The van der Waals surface area contributed by atoms with Gasteiger partial charge in [0.25, 0.3) is 0 Å². The van der Waals surface area contributed by atoms with E-state index in [0.29, 0.717) is 0 Å². The second-order valence-corrected chi connectivity index (χ2v) is 3.22. The fourth-order valence-corrected chi connectivity index (χ4v) is 1.45. The zero-order valence-electron chi connectivity index (χ0n) is 9.62. The van der Waals surface area contributed by atoms with Gasteiger partial charge >= 0.3 is 0 Å². The van der Waals surface area contributed by atoms with Crippen LogP contribution >= 0.6 is 0 Å². The molecule has 0 amide bonds. The van der Waals surface area contributed by atoms with Gasteiger partial charge < -0.3 is 10.6 Å². The molecule has 0 bridgehead atoms. The summed E-state index contributed by atoms with van der Waals surface area (Å²) >= 11 is 0. The van der Waals surface area contributed by atoms with Gasteiger partial charge in [-0.3, -0.25) is 0 Å². The molecule has 1 aromatic carbocycles. The number of anilines is 1. The molecule has 1 aliphatic heterocycles. The van der Waals surface area contributed by atoms with Crippen LogP contribution in [0.2, 0.25) is 0 Å². The lowest BCUT2D eigenvalue weighted by atomic mass is 10.0. The molecule has 2 heteroatoms. The smallest absolute Gasteiger partial charge is 0.0410 e. The van der Waals surface area contributed by atoms with Crippen LogP contribution < -0.4 is 5.73 Å². The Morgan fingerprint density at radius 1 is 1.27 bits per heavy atom. The maximum absolute atomic E-state index is 5.68. The second kappa shape index (κ2) is 4.69. The van der Waals surface area contributed by atoms with Gasteiger partial charge in [0.2, 0.25) is 0 Å². The molecule has 1 heterocycles. The molecule has 1 aromatic rings. The third-order valence-electron chi connectivity index (χ3n) is 2.29. The number of rotatable bonds is 0. The van der Waals surface area contributed by atoms with E-state index in [1.54, 1.807) is 0 Å². The Kier molecular flexibility index (Phi) is 3.56. The Bertz CT molecular complexity index is 392. The molecule has 2 rings (SSSR count). The Morgan fingerprint density at radius 3 is 2.60 bits per heavy atom. The zero-order valence-corrected chi connectivity index (χ0v) is 9.62. The van der Waals surface area contributed by atoms with E-state index in [-0.39, 0.29) is 0 Å². The molecule has 0 radical (unpaired) electrons. The van der Waals surface area contributed by atoms with Gasteiger partial charge in [-0.2, -0.15) is 0 Å². The standard InChI is InChI=1S/C11H12N2.C2H6/c1-8-11-4-3-10(12)7-9(11)5-6-13(8)2;1-2/h3-7H,1,12H2,2H3;1-2H3. The fraction of sp³-hybridized carbons (Fsp3) is 0.231. The SMILES string of the molecule is C=C1c2ccc(N)cc2C=CN1C.CC. The highest BCUT2D eigenvalue weighted by Gasteiger charge is 2.11. The van der Waals surface area contributed by atoms with Gasteiger partial charge in [0.1, 0.15) is 0 Å². The molecule has 0 unspecified atom stereocenters. The molecule has 0 atom stereocenters. The van der Waals surface area contributed by atoms with E-state index in [4.69, 9.17) is 5.73 Å². The summed E-state index contributed by atoms with van der Waals surface area (Å²) in [6.07, 6.45) is 4.03. The molecule has 0 aliphatic carbocycles. The molecule has 0 fully saturated rings. The summed E-state index contributed by atoms with van der Waals surface area (Å²) in [6.45, 7) is 8.00. The summed E-state index contributed by atoms with van der Waals surface area (Å²) in [7, 11) is 1.98. The van der Waals surface area contributed by atoms with Crippen LogP contribution in [0.15, 0.2) is 31.0 Å². The lowest BCUT2D eigenvalue weighted by Gasteiger charge is -2.23. The average Bonchev–Trinajstić information content (AvgIpc) is 2.26. The number of nitrogen functional groups attached to an aromatic ring is 1. The van der Waals surface area contributed by atoms with Crippen LogP contribution in [0.3, 0.4) is 0 Å². The first-order valence-corrected chi connectivity index (χ1v) is 5.18. The minimum absolute atomic E-state index is 0.792. The molecule has 1 aliphatic rings. The monoisotopic (exact) mass is 202 g/mol. The van der Waals surface area contributed by atoms with E-state index in [9.17, 15) is 0 Å². The maximum Gasteiger partial charge on any atom is 0.0410 e. The predicted molar refractivity (Wildman–Crippen MR) is 68.0 cm³/mol. The average molecular weight is 202 g/mol. The van der Waals surface area contributed by atoms with Crippen molar-refractivity contribution < 1.29 is 0 Å². The van der Waals surface area contributed by atoms with Crippen LogP contribution in [-0.2, 0) is 0 Å². The van der Waals surface area contributed by atoms with Gasteiger partial charge in [-0.15, -0.1) is 0 Å². The summed E-state index contributed by atoms with van der Waals surface area (Å²) in [4.78, 5) is 2.00. The summed E-state index contributed by atoms with van der Waals surface area (Å²) < 4.78 is 0. The van der Waals surface area contributed by atoms with Crippen LogP contribution in [-0.4, -0.2) is 11.9 Å². The molecule has 15 heavy (non-hydrogen) atoms. The highest BCUT2D eigenvalue weighted by Crippen LogP contribution is 2.27. The van der Waals surface area contributed by atoms with E-state index in [0.717, 1.165) is 22.5 Å². The number of hydrogen-bond donors (Lipinski definition) is 1. The maximum atomic E-state index is 5.68. The van der Waals surface area contributed by atoms with Crippen LogP contribution in [0.1, 0.15) is 25.0 Å². The second-order valence-electron chi connectivity index (χ2n) is 3.22. The van der Waals surface area contributed by atoms with E-state index in [2.05, 4.69) is 6.58 Å². The van der Waals surface area contributed by atoms with Crippen molar-refractivity contribution in [3.05, 3.63) is 42.1 Å². The molecule has 0 spiro atoms. The van der Waals surface area contributed by atoms with E-state index in [1.807, 2.05) is 56.3 Å². The summed E-state index contributed by atoms with van der Waals surface area (Å²) in [5, 5.41) is 0. The first kappa shape index (κ1) is 11.4. The van der Waals surface area contributed by atoms with Gasteiger partial charge in [-0.05, 0) is 23.8 Å². The number of nitrogens with zero attached hydrogens (tertiary/aromatic N) is 1. The Morgan fingerprint density at radius 2 is 1.93 bits per heavy atom. The molecule has 80 valence electrons. The minimum Gasteiger partial charge on any atom is -0.399 e. The molecule has 0 saturated carbocycles. The molecular weight excluding hydrogens is 184 g/mol. The number of fused-ring (bicyclic) bond motifs is 1. The molecule has 2 nitrogen and oxygen atoms in total. The van der Waals surface area contributed by atoms with E-state index in [1.165, 1.54) is 0 Å². The minimum atomic E-state index is 0.792. The van der Waals surface area contributed by atoms with Gasteiger partial charge in [-0.25, -0.2) is 0 Å². The first-order chi connectivity index (χ1) is 7.18. The fourth-order valence-electron chi connectivity index (χ4n) is 1.45. The van der Waals surface area contributed by atoms with Crippen LogP contribution in [0.4, 0.5) is 5.69 Å². The first-order valence-electron chi connectivity index (χ1n) is 5.18. The number of benzene rings is 1. The largest absolute Gasteiger partial charge is 0.399 e. The Balaban J connectivity index is 0.000000531. The van der Waals surface area contributed by atoms with Crippen LogP contribution in [0, 0.1) is 0 Å². The van der Waals surface area contributed by atoms with Crippen molar-refractivity contribution in [2.45, 2.75) is 13.8 Å². The van der Waals surface area contributed by atoms with Crippen molar-refractivity contribution in [1.82, 2.24) is 4.90 Å². The normalized spacial score (nSPS) is 13.0. The van der Waals surface area contributed by atoms with Crippen LogP contribution in [0.25, 0.3) is 11.8 Å². The van der Waals surface area contributed by atoms with Gasteiger partial charge in [0.15, 0.2) is 0 Å². The Labute approximate surface area is 91.7 Å². The van der Waals surface area contributed by atoms with Crippen molar-refractivity contribution in [2.75, 3.05) is 12.8 Å². The lowest BCUT2D eigenvalue weighted by Crippen LogP contribution is -2.12. The van der Waals surface area contributed by atoms with Crippen molar-refractivity contribution in [2.24, 2.45) is 0 Å². The van der Waals surface area contributed by atoms with Crippen molar-refractivity contribution in [1.29, 1.82) is 0 Å². The molecule has 0 saturated heterocycles. The topological polar surface area (TPSA) is 29.3 Å². The van der Waals surface area contributed by atoms with Gasteiger partial charge in [0, 0.05) is 30.2 Å². The summed E-state index contributed by atoms with van der Waals surface area (Å²) in [5.41, 5.74) is 9.78. The molecule has 2 N–H and O–H groups in total. The van der Waals surface area contributed by atoms with E-state index >= 15 is 0 Å². The van der Waals surface area contributed by atoms with Gasteiger partial charge in [-0.1, -0.05) is 26.5 Å². The molecular formula is C13H18N2. The van der Waals surface area contributed by atoms with Gasteiger partial charge in [0.05, 0.1) is 0 Å². The van der Waals surface area contributed by atoms with Crippen molar-refractivity contribution in [3.8, 4) is 0 Å². The van der Waals surface area contributed by atoms with Crippen LogP contribution in [0.5, 0.6) is 0 Å². The molecule has 0 aromatic heterocycles. The third kappa shape index (κ3) is 2.21. The number of nitrogens with two attached hydrogens (primary N) is 1. The lowest BCUT2D eigenvalue weighted by molar-refractivity contribution is 0.656. The Hall–Kier alpha value is -1.70. The quantitative estimate of drug-likeness (QED) is 0.655. The third-order valence-corrected chi connectivity index (χ3v) is 2.29. The summed E-state index contributed by atoms with van der Waals surface area (Å²) in [5.74, 6) is 0. The van der Waals surface area contributed by atoms with Crippen molar-refractivity contribution >= 4 is 17.5 Å².